The molecule has 1 heterocycles. The quantitative estimate of drug-likeness (QED) is 0.326. The van der Waals surface area contributed by atoms with Crippen LogP contribution in [0.5, 0.6) is 0 Å². The van der Waals surface area contributed by atoms with E-state index in [0.717, 1.165) is 18.7 Å². The van der Waals surface area contributed by atoms with Crippen molar-refractivity contribution in [1.82, 2.24) is 15.6 Å². The zero-order valence-corrected chi connectivity index (χ0v) is 17.4. The lowest BCUT2D eigenvalue weighted by molar-refractivity contribution is -0.116. The molecule has 1 aromatic heterocycles. The summed E-state index contributed by atoms with van der Waals surface area (Å²) < 4.78 is 5.86. The summed E-state index contributed by atoms with van der Waals surface area (Å²) in [4.78, 5) is 20.4. The minimum atomic E-state index is -0.0886. The van der Waals surface area contributed by atoms with Gasteiger partial charge in [-0.3, -0.25) is 9.79 Å². The molecular weight excluding hydrogens is 366 g/mol. The third-order valence-corrected chi connectivity index (χ3v) is 4.27. The van der Waals surface area contributed by atoms with Crippen molar-refractivity contribution in [1.29, 1.82) is 0 Å². The van der Waals surface area contributed by atoms with Crippen LogP contribution in [0.4, 0.5) is 5.82 Å². The van der Waals surface area contributed by atoms with Crippen molar-refractivity contribution in [3.63, 3.8) is 0 Å². The van der Waals surface area contributed by atoms with Gasteiger partial charge in [-0.15, -0.1) is 0 Å². The number of aromatic nitrogens is 1. The molecule has 1 unspecified atom stereocenters. The van der Waals surface area contributed by atoms with Crippen molar-refractivity contribution in [2.24, 2.45) is 4.99 Å². The Labute approximate surface area is 173 Å². The predicted octanol–water partition coefficient (Wildman–Crippen LogP) is 3.05. The second-order valence-corrected chi connectivity index (χ2v) is 6.67. The zero-order valence-electron chi connectivity index (χ0n) is 17.4. The Morgan fingerprint density at radius 2 is 1.86 bits per heavy atom. The first-order valence-corrected chi connectivity index (χ1v) is 9.93. The van der Waals surface area contributed by atoms with E-state index in [-0.39, 0.29) is 12.0 Å². The largest absolute Gasteiger partial charge is 0.374 e. The average Bonchev–Trinajstić information content (AvgIpc) is 2.72. The first-order valence-electron chi connectivity index (χ1n) is 9.93. The van der Waals surface area contributed by atoms with E-state index in [9.17, 15) is 4.79 Å². The van der Waals surface area contributed by atoms with E-state index in [1.807, 2.05) is 37.3 Å². The molecule has 2 rings (SSSR count). The highest BCUT2D eigenvalue weighted by Crippen LogP contribution is 2.15. The maximum absolute atomic E-state index is 12.0. The van der Waals surface area contributed by atoms with Crippen molar-refractivity contribution < 1.29 is 9.53 Å². The van der Waals surface area contributed by atoms with Gasteiger partial charge in [-0.05, 0) is 38.0 Å². The summed E-state index contributed by atoms with van der Waals surface area (Å²) in [5.41, 5.74) is 2.05. The number of amides is 1. The maximum atomic E-state index is 12.0. The third-order valence-electron chi connectivity index (χ3n) is 4.27. The number of anilines is 1. The zero-order chi connectivity index (χ0) is 20.9. The van der Waals surface area contributed by atoms with Gasteiger partial charge in [0.2, 0.25) is 5.91 Å². The van der Waals surface area contributed by atoms with Gasteiger partial charge in [0.1, 0.15) is 5.82 Å². The molecule has 7 nitrogen and oxygen atoms in total. The highest BCUT2D eigenvalue weighted by atomic mass is 16.5. The summed E-state index contributed by atoms with van der Waals surface area (Å²) in [5, 5.41) is 9.16. The Morgan fingerprint density at radius 1 is 1.10 bits per heavy atom. The number of aliphatic imine (C=N–C) groups is 1. The molecule has 0 saturated heterocycles. The molecule has 0 aliphatic carbocycles. The van der Waals surface area contributed by atoms with Crippen molar-refractivity contribution >= 4 is 17.7 Å². The molecule has 2 aromatic rings. The minimum absolute atomic E-state index is 0.0787. The van der Waals surface area contributed by atoms with Gasteiger partial charge in [0.15, 0.2) is 5.96 Å². The SMILES string of the molecule is CN=C(NCCCOC(C)c1ccccc1)NCCC(=O)Nc1cccc(C)n1. The molecule has 7 heteroatoms. The Kier molecular flexibility index (Phi) is 9.65. The molecule has 0 bridgehead atoms. The first-order chi connectivity index (χ1) is 14.1. The van der Waals surface area contributed by atoms with Crippen LogP contribution in [0.15, 0.2) is 53.5 Å². The van der Waals surface area contributed by atoms with E-state index in [0.29, 0.717) is 31.3 Å². The van der Waals surface area contributed by atoms with Gasteiger partial charge < -0.3 is 20.7 Å². The van der Waals surface area contributed by atoms with E-state index in [2.05, 4.69) is 45.0 Å². The van der Waals surface area contributed by atoms with Gasteiger partial charge in [0.05, 0.1) is 6.10 Å². The highest BCUT2D eigenvalue weighted by Gasteiger charge is 2.06. The summed E-state index contributed by atoms with van der Waals surface area (Å²) in [7, 11) is 1.71. The number of carbonyl (C=O) groups is 1. The normalized spacial score (nSPS) is 12.3. The molecule has 1 atom stereocenters. The molecule has 1 aromatic carbocycles. The van der Waals surface area contributed by atoms with Crippen LogP contribution in [0, 0.1) is 6.92 Å². The van der Waals surface area contributed by atoms with Gasteiger partial charge >= 0.3 is 0 Å². The summed E-state index contributed by atoms with van der Waals surface area (Å²) in [6.07, 6.45) is 1.26. The molecule has 3 N–H and O–H groups in total. The number of carbonyl (C=O) groups excluding carboxylic acids is 1. The molecule has 156 valence electrons. The second-order valence-electron chi connectivity index (χ2n) is 6.67. The molecule has 1 amide bonds. The Hall–Kier alpha value is -2.93. The second kappa shape index (κ2) is 12.5. The van der Waals surface area contributed by atoms with E-state index in [1.54, 1.807) is 13.1 Å². The van der Waals surface area contributed by atoms with E-state index in [4.69, 9.17) is 4.74 Å². The number of nitrogens with one attached hydrogen (secondary N) is 3. The van der Waals surface area contributed by atoms with Crippen LogP contribution in [-0.2, 0) is 9.53 Å². The van der Waals surface area contributed by atoms with Crippen LogP contribution < -0.4 is 16.0 Å². The summed E-state index contributed by atoms with van der Waals surface area (Å²) in [5.74, 6) is 1.15. The lowest BCUT2D eigenvalue weighted by Gasteiger charge is -2.15. The number of benzene rings is 1. The Bertz CT molecular complexity index is 780. The monoisotopic (exact) mass is 397 g/mol. The van der Waals surface area contributed by atoms with Gasteiger partial charge in [0, 0.05) is 38.9 Å². The number of guanidine groups is 1. The van der Waals surface area contributed by atoms with Crippen LogP contribution in [0.3, 0.4) is 0 Å². The van der Waals surface area contributed by atoms with Gasteiger partial charge in [0.25, 0.3) is 0 Å². The van der Waals surface area contributed by atoms with E-state index in [1.165, 1.54) is 5.56 Å². The smallest absolute Gasteiger partial charge is 0.227 e. The number of pyridine rings is 1. The summed E-state index contributed by atoms with van der Waals surface area (Å²) in [6.45, 7) is 5.83. The summed E-state index contributed by atoms with van der Waals surface area (Å²) in [6, 6.07) is 15.7. The molecule has 0 spiro atoms. The number of aryl methyl sites for hydroxylation is 1. The van der Waals surface area contributed by atoms with Gasteiger partial charge in [-0.2, -0.15) is 0 Å². The van der Waals surface area contributed by atoms with Gasteiger partial charge in [-0.1, -0.05) is 36.4 Å². The predicted molar refractivity (Wildman–Crippen MR) is 117 cm³/mol. The molecule has 0 aliphatic rings. The number of hydrogen-bond donors (Lipinski definition) is 3. The standard InChI is InChI=1S/C22H31N5O2/c1-17-9-7-12-20(26-17)27-21(28)13-15-25-22(23-3)24-14-8-16-29-18(2)19-10-5-4-6-11-19/h4-7,9-12,18H,8,13-16H2,1-3H3,(H2,23,24,25)(H,26,27,28). The third kappa shape index (κ3) is 8.74. The number of hydrogen-bond acceptors (Lipinski definition) is 4. The highest BCUT2D eigenvalue weighted by molar-refractivity contribution is 5.90. The fourth-order valence-electron chi connectivity index (χ4n) is 2.69. The van der Waals surface area contributed by atoms with Gasteiger partial charge in [-0.25, -0.2) is 4.98 Å². The minimum Gasteiger partial charge on any atom is -0.374 e. The van der Waals surface area contributed by atoms with Crippen LogP contribution in [0.25, 0.3) is 0 Å². The van der Waals surface area contributed by atoms with Crippen molar-refractivity contribution in [2.45, 2.75) is 32.8 Å². The van der Waals surface area contributed by atoms with Crippen molar-refractivity contribution in [3.8, 4) is 0 Å². The lowest BCUT2D eigenvalue weighted by atomic mass is 10.1. The summed E-state index contributed by atoms with van der Waals surface area (Å²) >= 11 is 0. The molecule has 0 fully saturated rings. The lowest BCUT2D eigenvalue weighted by Crippen LogP contribution is -2.39. The van der Waals surface area contributed by atoms with Crippen molar-refractivity contribution in [3.05, 3.63) is 59.8 Å². The van der Waals surface area contributed by atoms with Crippen molar-refractivity contribution in [2.75, 3.05) is 32.1 Å². The Morgan fingerprint density at radius 3 is 2.59 bits per heavy atom. The molecule has 29 heavy (non-hydrogen) atoms. The number of rotatable bonds is 10. The molecule has 0 saturated carbocycles. The number of nitrogens with zero attached hydrogens (tertiary/aromatic N) is 2. The number of ether oxygens (including phenoxy) is 1. The van der Waals surface area contributed by atoms with Crippen LogP contribution in [0.1, 0.15) is 37.1 Å². The molecule has 0 aliphatic heterocycles. The van der Waals surface area contributed by atoms with E-state index >= 15 is 0 Å². The molecular formula is C22H31N5O2. The topological polar surface area (TPSA) is 87.6 Å². The van der Waals surface area contributed by atoms with Crippen LogP contribution in [0.2, 0.25) is 0 Å². The van der Waals surface area contributed by atoms with Crippen LogP contribution in [-0.4, -0.2) is 43.6 Å². The average molecular weight is 398 g/mol. The van der Waals surface area contributed by atoms with Crippen LogP contribution >= 0.6 is 0 Å². The Balaban J connectivity index is 1.57. The fourth-order valence-corrected chi connectivity index (χ4v) is 2.69. The van der Waals surface area contributed by atoms with E-state index < -0.39 is 0 Å². The maximum Gasteiger partial charge on any atom is 0.227 e. The fraction of sp³-hybridized carbons (Fsp3) is 0.409. The first kappa shape index (κ1) is 22.4. The molecule has 0 radical (unpaired) electrons.